The Morgan fingerprint density at radius 1 is 0.913 bits per heavy atom. The van der Waals surface area contributed by atoms with E-state index < -0.39 is 6.04 Å². The van der Waals surface area contributed by atoms with Crippen molar-refractivity contribution in [3.05, 3.63) is 48.5 Å². The Labute approximate surface area is 134 Å². The maximum Gasteiger partial charge on any atom is 0.240 e. The molecule has 2 amide bonds. The van der Waals surface area contributed by atoms with Crippen molar-refractivity contribution in [2.75, 3.05) is 10.6 Å². The second kappa shape index (κ2) is 7.42. The van der Waals surface area contributed by atoms with Crippen LogP contribution >= 0.6 is 0 Å². The van der Waals surface area contributed by atoms with Crippen LogP contribution in [-0.2, 0) is 9.59 Å². The van der Waals surface area contributed by atoms with Crippen molar-refractivity contribution in [3.8, 4) is 11.5 Å². The van der Waals surface area contributed by atoms with Gasteiger partial charge in [-0.2, -0.15) is 0 Å². The molecule has 1 atom stereocenters. The molecule has 6 nitrogen and oxygen atoms in total. The Morgan fingerprint density at radius 2 is 1.35 bits per heavy atom. The van der Waals surface area contributed by atoms with Crippen LogP contribution in [0.2, 0.25) is 0 Å². The summed E-state index contributed by atoms with van der Waals surface area (Å²) in [6.45, 7) is 3.08. The van der Waals surface area contributed by atoms with E-state index in [0.29, 0.717) is 22.9 Å². The molecule has 0 saturated heterocycles. The zero-order chi connectivity index (χ0) is 16.8. The fourth-order valence-corrected chi connectivity index (χ4v) is 1.81. The molecule has 4 N–H and O–H groups in total. The van der Waals surface area contributed by atoms with Gasteiger partial charge in [-0.25, -0.2) is 0 Å². The quantitative estimate of drug-likeness (QED) is 0.791. The number of ether oxygens (including phenoxy) is 1. The van der Waals surface area contributed by atoms with Gasteiger partial charge >= 0.3 is 0 Å². The number of nitrogens with two attached hydrogens (primary N) is 1. The third-order valence-electron chi connectivity index (χ3n) is 2.95. The van der Waals surface area contributed by atoms with Gasteiger partial charge in [0.05, 0.1) is 6.04 Å². The fourth-order valence-electron chi connectivity index (χ4n) is 1.81. The molecule has 0 fully saturated rings. The molecule has 0 aliphatic heterocycles. The lowest BCUT2D eigenvalue weighted by molar-refractivity contribution is -0.117. The van der Waals surface area contributed by atoms with Gasteiger partial charge in [-0.15, -0.1) is 0 Å². The first-order valence-electron chi connectivity index (χ1n) is 7.16. The summed E-state index contributed by atoms with van der Waals surface area (Å²) in [5.74, 6) is 0.915. The van der Waals surface area contributed by atoms with E-state index in [4.69, 9.17) is 10.5 Å². The van der Waals surface area contributed by atoms with E-state index in [1.807, 2.05) is 0 Å². The normalized spacial score (nSPS) is 11.4. The lowest BCUT2D eigenvalue weighted by Crippen LogP contribution is -2.32. The highest BCUT2D eigenvalue weighted by molar-refractivity contribution is 5.94. The van der Waals surface area contributed by atoms with Gasteiger partial charge in [-0.3, -0.25) is 9.59 Å². The van der Waals surface area contributed by atoms with Crippen LogP contribution in [0.1, 0.15) is 13.8 Å². The van der Waals surface area contributed by atoms with Crippen molar-refractivity contribution in [1.82, 2.24) is 0 Å². The first-order chi connectivity index (χ1) is 10.9. The summed E-state index contributed by atoms with van der Waals surface area (Å²) < 4.78 is 5.70. The highest BCUT2D eigenvalue weighted by atomic mass is 16.5. The Kier molecular flexibility index (Phi) is 5.32. The third kappa shape index (κ3) is 5.12. The molecule has 1 unspecified atom stereocenters. The Balaban J connectivity index is 1.98. The molecule has 120 valence electrons. The van der Waals surface area contributed by atoms with E-state index in [1.54, 1.807) is 55.5 Å². The van der Waals surface area contributed by atoms with Gasteiger partial charge in [0.1, 0.15) is 11.5 Å². The zero-order valence-corrected chi connectivity index (χ0v) is 13.0. The number of amides is 2. The monoisotopic (exact) mass is 313 g/mol. The summed E-state index contributed by atoms with van der Waals surface area (Å²) in [5.41, 5.74) is 6.86. The molecule has 6 heteroatoms. The fraction of sp³-hybridized carbons (Fsp3) is 0.176. The number of carbonyl (C=O) groups is 2. The number of nitrogens with one attached hydrogen (secondary N) is 2. The number of anilines is 2. The van der Waals surface area contributed by atoms with Gasteiger partial charge < -0.3 is 21.1 Å². The zero-order valence-electron chi connectivity index (χ0n) is 13.0. The summed E-state index contributed by atoms with van der Waals surface area (Å²) >= 11 is 0. The average molecular weight is 313 g/mol. The van der Waals surface area contributed by atoms with Crippen molar-refractivity contribution < 1.29 is 14.3 Å². The molecule has 0 heterocycles. The Hall–Kier alpha value is -2.86. The first kappa shape index (κ1) is 16.5. The minimum absolute atomic E-state index is 0.122. The van der Waals surface area contributed by atoms with Gasteiger partial charge in [0, 0.05) is 18.3 Å². The van der Waals surface area contributed by atoms with Crippen LogP contribution in [0.4, 0.5) is 11.4 Å². The van der Waals surface area contributed by atoms with Crippen LogP contribution < -0.4 is 21.1 Å². The number of hydrogen-bond donors (Lipinski definition) is 3. The molecule has 0 aliphatic rings. The Bertz CT molecular complexity index is 679. The lowest BCUT2D eigenvalue weighted by atomic mass is 10.2. The van der Waals surface area contributed by atoms with Crippen LogP contribution in [0.5, 0.6) is 11.5 Å². The van der Waals surface area contributed by atoms with Gasteiger partial charge in [0.15, 0.2) is 0 Å². The van der Waals surface area contributed by atoms with E-state index >= 15 is 0 Å². The number of rotatable bonds is 5. The Morgan fingerprint density at radius 3 is 1.74 bits per heavy atom. The van der Waals surface area contributed by atoms with Crippen LogP contribution in [0, 0.1) is 0 Å². The summed E-state index contributed by atoms with van der Waals surface area (Å²) in [4.78, 5) is 22.5. The van der Waals surface area contributed by atoms with Crippen LogP contribution in [0.25, 0.3) is 0 Å². The van der Waals surface area contributed by atoms with Gasteiger partial charge in [-0.1, -0.05) is 0 Å². The van der Waals surface area contributed by atoms with Gasteiger partial charge in [-0.05, 0) is 55.5 Å². The van der Waals surface area contributed by atoms with Gasteiger partial charge in [0.2, 0.25) is 11.8 Å². The summed E-state index contributed by atoms with van der Waals surface area (Å²) in [7, 11) is 0. The largest absolute Gasteiger partial charge is 0.457 e. The maximum absolute atomic E-state index is 11.5. The third-order valence-corrected chi connectivity index (χ3v) is 2.95. The molecule has 0 aromatic heterocycles. The molecule has 0 saturated carbocycles. The summed E-state index contributed by atoms with van der Waals surface area (Å²) in [6, 6.07) is 13.4. The molecular weight excluding hydrogens is 294 g/mol. The number of carbonyl (C=O) groups excluding carboxylic acids is 2. The molecule has 23 heavy (non-hydrogen) atoms. The molecule has 0 aliphatic carbocycles. The van der Waals surface area contributed by atoms with E-state index in [1.165, 1.54) is 6.92 Å². The summed E-state index contributed by atoms with van der Waals surface area (Å²) in [5, 5.41) is 5.38. The van der Waals surface area contributed by atoms with E-state index in [0.717, 1.165) is 0 Å². The van der Waals surface area contributed by atoms with E-state index in [-0.39, 0.29) is 11.8 Å². The molecular formula is C17H19N3O3. The van der Waals surface area contributed by atoms with Crippen LogP contribution in [0.3, 0.4) is 0 Å². The van der Waals surface area contributed by atoms with Crippen LogP contribution in [-0.4, -0.2) is 17.9 Å². The van der Waals surface area contributed by atoms with E-state index in [9.17, 15) is 9.59 Å². The predicted octanol–water partition coefficient (Wildman–Crippen LogP) is 2.72. The smallest absolute Gasteiger partial charge is 0.240 e. The highest BCUT2D eigenvalue weighted by Crippen LogP contribution is 2.24. The second-order valence-corrected chi connectivity index (χ2v) is 5.11. The van der Waals surface area contributed by atoms with Crippen molar-refractivity contribution in [1.29, 1.82) is 0 Å². The van der Waals surface area contributed by atoms with Crippen molar-refractivity contribution in [2.45, 2.75) is 19.9 Å². The maximum atomic E-state index is 11.5. The minimum Gasteiger partial charge on any atom is -0.457 e. The molecule has 0 bridgehead atoms. The SMILES string of the molecule is CC(=O)Nc1ccc(Oc2ccc(NC(=O)C(C)N)cc2)cc1. The lowest BCUT2D eigenvalue weighted by Gasteiger charge is -2.10. The molecule has 2 aromatic carbocycles. The standard InChI is InChI=1S/C17H19N3O3/c1-11(18)17(22)20-14-5-9-16(10-6-14)23-15-7-3-13(4-8-15)19-12(2)21/h3-11H,18H2,1-2H3,(H,19,21)(H,20,22). The first-order valence-corrected chi connectivity index (χ1v) is 7.16. The second-order valence-electron chi connectivity index (χ2n) is 5.11. The molecule has 0 radical (unpaired) electrons. The topological polar surface area (TPSA) is 93.5 Å². The molecule has 0 spiro atoms. The summed E-state index contributed by atoms with van der Waals surface area (Å²) in [6.07, 6.45) is 0. The average Bonchev–Trinajstić information content (AvgIpc) is 2.50. The predicted molar refractivity (Wildman–Crippen MR) is 89.5 cm³/mol. The van der Waals surface area contributed by atoms with Crippen LogP contribution in [0.15, 0.2) is 48.5 Å². The highest BCUT2D eigenvalue weighted by Gasteiger charge is 2.07. The van der Waals surface area contributed by atoms with E-state index in [2.05, 4.69) is 10.6 Å². The van der Waals surface area contributed by atoms with Crippen molar-refractivity contribution in [3.63, 3.8) is 0 Å². The minimum atomic E-state index is -0.562. The molecule has 2 rings (SSSR count). The van der Waals surface area contributed by atoms with Gasteiger partial charge in [0.25, 0.3) is 0 Å². The number of hydrogen-bond acceptors (Lipinski definition) is 4. The molecule has 2 aromatic rings. The van der Waals surface area contributed by atoms with Crippen molar-refractivity contribution >= 4 is 23.2 Å². The number of benzene rings is 2. The van der Waals surface area contributed by atoms with Crippen molar-refractivity contribution in [2.24, 2.45) is 5.73 Å².